The Morgan fingerprint density at radius 3 is 2.73 bits per heavy atom. The van der Waals surface area contributed by atoms with Gasteiger partial charge in [-0.2, -0.15) is 5.10 Å². The second-order valence-electron chi connectivity index (χ2n) is 3.86. The lowest BCUT2D eigenvalue weighted by Crippen LogP contribution is -2.32. The summed E-state index contributed by atoms with van der Waals surface area (Å²) in [6.07, 6.45) is 3.10. The predicted octanol–water partition coefficient (Wildman–Crippen LogP) is -0.0572. The Labute approximate surface area is 90.4 Å². The van der Waals surface area contributed by atoms with Gasteiger partial charge in [-0.05, 0) is 13.0 Å². The van der Waals surface area contributed by atoms with E-state index < -0.39 is 9.84 Å². The molecule has 0 fully saturated rings. The van der Waals surface area contributed by atoms with E-state index in [4.69, 9.17) is 0 Å². The molecule has 0 aliphatic rings. The molecule has 86 valence electrons. The largest absolute Gasteiger partial charge is 0.308 e. The Morgan fingerprint density at radius 1 is 1.60 bits per heavy atom. The van der Waals surface area contributed by atoms with E-state index in [0.717, 1.165) is 5.69 Å². The van der Waals surface area contributed by atoms with Crippen LogP contribution in [0.3, 0.4) is 0 Å². The maximum atomic E-state index is 11.0. The molecular formula is C9H17N3O2S. The minimum absolute atomic E-state index is 0.0537. The van der Waals surface area contributed by atoms with Crippen LogP contribution in [0.2, 0.25) is 0 Å². The summed E-state index contributed by atoms with van der Waals surface area (Å²) in [4.78, 5) is 0. The molecule has 0 saturated heterocycles. The van der Waals surface area contributed by atoms with Crippen molar-refractivity contribution in [2.45, 2.75) is 19.5 Å². The smallest absolute Gasteiger partial charge is 0.148 e. The van der Waals surface area contributed by atoms with Gasteiger partial charge < -0.3 is 5.32 Å². The van der Waals surface area contributed by atoms with Crippen LogP contribution in [0.1, 0.15) is 12.6 Å². The number of hydrogen-bond acceptors (Lipinski definition) is 4. The lowest BCUT2D eigenvalue weighted by atomic mass is 10.3. The molecule has 0 bridgehead atoms. The lowest BCUT2D eigenvalue weighted by Gasteiger charge is -2.10. The van der Waals surface area contributed by atoms with Crippen molar-refractivity contribution in [1.29, 1.82) is 0 Å². The molecule has 0 spiro atoms. The SMILES string of the molecule is CC(CS(C)(=O)=O)NCc1ccn(C)n1. The predicted molar refractivity (Wildman–Crippen MR) is 59.2 cm³/mol. The number of hydrogen-bond donors (Lipinski definition) is 1. The molecule has 15 heavy (non-hydrogen) atoms. The lowest BCUT2D eigenvalue weighted by molar-refractivity contribution is 0.553. The first-order chi connectivity index (χ1) is 6.87. The molecule has 1 N–H and O–H groups in total. The third-order valence-electron chi connectivity index (χ3n) is 1.95. The number of aryl methyl sites for hydroxylation is 1. The average molecular weight is 231 g/mol. The summed E-state index contributed by atoms with van der Waals surface area (Å²) in [7, 11) is -1.06. The van der Waals surface area contributed by atoms with Gasteiger partial charge in [-0.3, -0.25) is 4.68 Å². The minimum atomic E-state index is -2.91. The van der Waals surface area contributed by atoms with E-state index in [1.54, 1.807) is 4.68 Å². The topological polar surface area (TPSA) is 64.0 Å². The average Bonchev–Trinajstić information content (AvgIpc) is 2.45. The normalized spacial score (nSPS) is 14.1. The van der Waals surface area contributed by atoms with E-state index in [2.05, 4.69) is 10.4 Å². The summed E-state index contributed by atoms with van der Waals surface area (Å²) in [6.45, 7) is 2.45. The van der Waals surface area contributed by atoms with Crippen molar-refractivity contribution < 1.29 is 8.42 Å². The van der Waals surface area contributed by atoms with Gasteiger partial charge in [0.25, 0.3) is 0 Å². The molecule has 0 saturated carbocycles. The second kappa shape index (κ2) is 4.76. The van der Waals surface area contributed by atoms with Crippen LogP contribution in [0.5, 0.6) is 0 Å². The Hall–Kier alpha value is -0.880. The summed E-state index contributed by atoms with van der Waals surface area (Å²) < 4.78 is 23.7. The van der Waals surface area contributed by atoms with Crippen LogP contribution in [0.4, 0.5) is 0 Å². The van der Waals surface area contributed by atoms with Crippen LogP contribution < -0.4 is 5.32 Å². The van der Waals surface area contributed by atoms with Gasteiger partial charge in [-0.25, -0.2) is 8.42 Å². The van der Waals surface area contributed by atoms with E-state index in [0.29, 0.717) is 6.54 Å². The van der Waals surface area contributed by atoms with E-state index >= 15 is 0 Å². The summed E-state index contributed by atoms with van der Waals surface area (Å²) in [6, 6.07) is 1.85. The number of sulfone groups is 1. The van der Waals surface area contributed by atoms with Gasteiger partial charge in [0, 0.05) is 32.1 Å². The van der Waals surface area contributed by atoms with Crippen molar-refractivity contribution in [3.63, 3.8) is 0 Å². The second-order valence-corrected chi connectivity index (χ2v) is 6.04. The fourth-order valence-corrected chi connectivity index (χ4v) is 2.38. The first-order valence-corrected chi connectivity index (χ1v) is 6.82. The Kier molecular flexibility index (Phi) is 3.87. The van der Waals surface area contributed by atoms with Gasteiger partial charge in [-0.1, -0.05) is 0 Å². The van der Waals surface area contributed by atoms with Crippen LogP contribution >= 0.6 is 0 Å². The molecule has 0 aliphatic heterocycles. The number of rotatable bonds is 5. The van der Waals surface area contributed by atoms with E-state index in [1.807, 2.05) is 26.2 Å². The zero-order chi connectivity index (χ0) is 11.5. The quantitative estimate of drug-likeness (QED) is 0.771. The highest BCUT2D eigenvalue weighted by molar-refractivity contribution is 7.90. The summed E-state index contributed by atoms with van der Waals surface area (Å²) in [5.41, 5.74) is 0.915. The molecule has 1 aromatic heterocycles. The van der Waals surface area contributed by atoms with Gasteiger partial charge in [0.1, 0.15) is 9.84 Å². The molecule has 1 unspecified atom stereocenters. The molecule has 1 aromatic rings. The van der Waals surface area contributed by atoms with Crippen molar-refractivity contribution in [2.75, 3.05) is 12.0 Å². The van der Waals surface area contributed by atoms with Crippen molar-refractivity contribution >= 4 is 9.84 Å². The van der Waals surface area contributed by atoms with Gasteiger partial charge in [0.05, 0.1) is 11.4 Å². The number of nitrogens with zero attached hydrogens (tertiary/aromatic N) is 2. The zero-order valence-electron chi connectivity index (χ0n) is 9.27. The molecule has 0 radical (unpaired) electrons. The molecule has 6 heteroatoms. The summed E-state index contributed by atoms with van der Waals surface area (Å²) in [5, 5.41) is 7.30. The highest BCUT2D eigenvalue weighted by Gasteiger charge is 2.09. The standard InChI is InChI=1S/C9H17N3O2S/c1-8(7-15(3,13)14)10-6-9-4-5-12(2)11-9/h4-5,8,10H,6-7H2,1-3H3. The van der Waals surface area contributed by atoms with E-state index in [-0.39, 0.29) is 11.8 Å². The van der Waals surface area contributed by atoms with E-state index in [1.165, 1.54) is 6.26 Å². The van der Waals surface area contributed by atoms with Crippen molar-refractivity contribution in [3.8, 4) is 0 Å². The molecule has 1 rings (SSSR count). The summed E-state index contributed by atoms with van der Waals surface area (Å²) in [5.74, 6) is 0.153. The Balaban J connectivity index is 2.37. The highest BCUT2D eigenvalue weighted by Crippen LogP contribution is 1.96. The molecular weight excluding hydrogens is 214 g/mol. The fraction of sp³-hybridized carbons (Fsp3) is 0.667. The van der Waals surface area contributed by atoms with Gasteiger partial charge >= 0.3 is 0 Å². The Morgan fingerprint density at radius 2 is 2.27 bits per heavy atom. The highest BCUT2D eigenvalue weighted by atomic mass is 32.2. The molecule has 0 aliphatic carbocycles. The maximum Gasteiger partial charge on any atom is 0.148 e. The first-order valence-electron chi connectivity index (χ1n) is 4.76. The third-order valence-corrected chi connectivity index (χ3v) is 3.06. The Bertz CT molecular complexity index is 411. The molecule has 0 amide bonds. The van der Waals surface area contributed by atoms with Crippen LogP contribution in [0.25, 0.3) is 0 Å². The van der Waals surface area contributed by atoms with Crippen LogP contribution in [-0.4, -0.2) is 36.2 Å². The minimum Gasteiger partial charge on any atom is -0.308 e. The van der Waals surface area contributed by atoms with Crippen LogP contribution in [0, 0.1) is 0 Å². The molecule has 0 aromatic carbocycles. The third kappa shape index (κ3) is 4.94. The van der Waals surface area contributed by atoms with E-state index in [9.17, 15) is 8.42 Å². The fourth-order valence-electron chi connectivity index (χ4n) is 1.35. The van der Waals surface area contributed by atoms with Gasteiger partial charge in [0.15, 0.2) is 0 Å². The van der Waals surface area contributed by atoms with Crippen molar-refractivity contribution in [2.24, 2.45) is 7.05 Å². The molecule has 5 nitrogen and oxygen atoms in total. The van der Waals surface area contributed by atoms with Crippen LogP contribution in [0.15, 0.2) is 12.3 Å². The molecule has 1 atom stereocenters. The van der Waals surface area contributed by atoms with Gasteiger partial charge in [-0.15, -0.1) is 0 Å². The number of nitrogens with one attached hydrogen (secondary N) is 1. The zero-order valence-corrected chi connectivity index (χ0v) is 10.1. The monoisotopic (exact) mass is 231 g/mol. The van der Waals surface area contributed by atoms with Crippen molar-refractivity contribution in [3.05, 3.63) is 18.0 Å². The van der Waals surface area contributed by atoms with Crippen molar-refractivity contribution in [1.82, 2.24) is 15.1 Å². The van der Waals surface area contributed by atoms with Crippen LogP contribution in [-0.2, 0) is 23.4 Å². The number of aromatic nitrogens is 2. The summed E-state index contributed by atoms with van der Waals surface area (Å²) >= 11 is 0. The van der Waals surface area contributed by atoms with Gasteiger partial charge in [0.2, 0.25) is 0 Å². The molecule has 1 heterocycles. The maximum absolute atomic E-state index is 11.0. The first kappa shape index (κ1) is 12.2.